The number of ether oxygens (including phenoxy) is 1. The number of piperazine rings is 1. The fourth-order valence-corrected chi connectivity index (χ4v) is 4.02. The number of fused-ring (bicyclic) bond motifs is 1. The van der Waals surface area contributed by atoms with Crippen LogP contribution in [0.25, 0.3) is 0 Å². The molecule has 1 unspecified atom stereocenters. The van der Waals surface area contributed by atoms with Crippen LogP contribution in [0.4, 0.5) is 5.69 Å². The number of benzene rings is 2. The Morgan fingerprint density at radius 3 is 2.52 bits per heavy atom. The molecular formula is C21H25ClN2O. The molecule has 2 aliphatic heterocycles. The van der Waals surface area contributed by atoms with Crippen LogP contribution < -0.4 is 4.90 Å². The quantitative estimate of drug-likeness (QED) is 0.817. The van der Waals surface area contributed by atoms with Crippen molar-refractivity contribution in [1.82, 2.24) is 4.90 Å². The lowest BCUT2D eigenvalue weighted by atomic mass is 9.95. The van der Waals surface area contributed by atoms with Gasteiger partial charge in [0.1, 0.15) is 0 Å². The van der Waals surface area contributed by atoms with E-state index in [2.05, 4.69) is 46.2 Å². The molecular weight excluding hydrogens is 332 g/mol. The third-order valence-corrected chi connectivity index (χ3v) is 5.62. The van der Waals surface area contributed by atoms with Gasteiger partial charge >= 0.3 is 0 Å². The summed E-state index contributed by atoms with van der Waals surface area (Å²) in [6.07, 6.45) is 2.39. The normalized spacial score (nSPS) is 21.2. The average Bonchev–Trinajstić information content (AvgIpc) is 2.67. The molecule has 0 N–H and O–H groups in total. The highest BCUT2D eigenvalue weighted by molar-refractivity contribution is 6.30. The van der Waals surface area contributed by atoms with Crippen LogP contribution >= 0.6 is 11.6 Å². The van der Waals surface area contributed by atoms with E-state index in [0.29, 0.717) is 0 Å². The van der Waals surface area contributed by atoms with Crippen molar-refractivity contribution in [2.75, 3.05) is 44.2 Å². The number of rotatable bonds is 4. The van der Waals surface area contributed by atoms with Gasteiger partial charge in [-0.05, 0) is 48.2 Å². The summed E-state index contributed by atoms with van der Waals surface area (Å²) in [5.74, 6) is 0. The number of nitrogens with zero attached hydrogens (tertiary/aromatic N) is 2. The third kappa shape index (κ3) is 4.00. The molecule has 1 atom stereocenters. The zero-order chi connectivity index (χ0) is 17.1. The Labute approximate surface area is 155 Å². The van der Waals surface area contributed by atoms with Crippen molar-refractivity contribution in [2.24, 2.45) is 0 Å². The number of halogens is 1. The molecule has 1 fully saturated rings. The Hall–Kier alpha value is -1.55. The van der Waals surface area contributed by atoms with E-state index in [4.69, 9.17) is 16.3 Å². The topological polar surface area (TPSA) is 15.7 Å². The van der Waals surface area contributed by atoms with Gasteiger partial charge < -0.3 is 9.64 Å². The molecule has 0 aliphatic carbocycles. The molecule has 2 aliphatic rings. The van der Waals surface area contributed by atoms with Crippen LogP contribution in [0.2, 0.25) is 5.02 Å². The maximum atomic E-state index is 6.05. The fraction of sp³-hybridized carbons (Fsp3) is 0.429. The first-order valence-corrected chi connectivity index (χ1v) is 9.60. The number of hydrogen-bond acceptors (Lipinski definition) is 3. The molecule has 0 saturated carbocycles. The molecule has 0 spiro atoms. The van der Waals surface area contributed by atoms with Gasteiger partial charge in [-0.3, -0.25) is 4.90 Å². The van der Waals surface area contributed by atoms with Crippen LogP contribution in [0.3, 0.4) is 0 Å². The fourth-order valence-electron chi connectivity index (χ4n) is 3.90. The smallest absolute Gasteiger partial charge is 0.0839 e. The standard InChI is InChI=1S/C21H25ClN2O/c22-18-5-7-19(8-6-18)24-14-12-23(13-15-24)11-9-21-20-4-2-1-3-17(20)10-16-25-21/h1-8,21H,9-16H2. The average molecular weight is 357 g/mol. The van der Waals surface area contributed by atoms with Gasteiger partial charge in [0.15, 0.2) is 0 Å². The largest absolute Gasteiger partial charge is 0.373 e. The van der Waals surface area contributed by atoms with E-state index < -0.39 is 0 Å². The van der Waals surface area contributed by atoms with E-state index in [9.17, 15) is 0 Å². The molecule has 4 heteroatoms. The van der Waals surface area contributed by atoms with Crippen molar-refractivity contribution in [2.45, 2.75) is 18.9 Å². The van der Waals surface area contributed by atoms with Crippen LogP contribution in [-0.4, -0.2) is 44.2 Å². The van der Waals surface area contributed by atoms with Crippen molar-refractivity contribution in [3.63, 3.8) is 0 Å². The van der Waals surface area contributed by atoms with Gasteiger partial charge in [-0.2, -0.15) is 0 Å². The molecule has 25 heavy (non-hydrogen) atoms. The lowest BCUT2D eigenvalue weighted by Crippen LogP contribution is -2.46. The van der Waals surface area contributed by atoms with E-state index in [1.165, 1.54) is 16.8 Å². The second-order valence-electron chi connectivity index (χ2n) is 6.90. The first-order chi connectivity index (χ1) is 12.3. The van der Waals surface area contributed by atoms with E-state index in [-0.39, 0.29) is 6.10 Å². The Kier molecular flexibility index (Phi) is 5.25. The SMILES string of the molecule is Clc1ccc(N2CCN(CCC3OCCc4ccccc43)CC2)cc1. The van der Waals surface area contributed by atoms with Crippen LogP contribution in [0.5, 0.6) is 0 Å². The minimum Gasteiger partial charge on any atom is -0.373 e. The minimum absolute atomic E-state index is 0.263. The van der Waals surface area contributed by atoms with E-state index >= 15 is 0 Å². The molecule has 4 rings (SSSR count). The first-order valence-electron chi connectivity index (χ1n) is 9.22. The summed E-state index contributed by atoms with van der Waals surface area (Å²) in [5.41, 5.74) is 4.13. The van der Waals surface area contributed by atoms with Crippen molar-refractivity contribution >= 4 is 17.3 Å². The maximum Gasteiger partial charge on any atom is 0.0839 e. The minimum atomic E-state index is 0.263. The molecule has 132 valence electrons. The van der Waals surface area contributed by atoms with E-state index in [0.717, 1.165) is 57.2 Å². The Morgan fingerprint density at radius 2 is 1.72 bits per heavy atom. The molecule has 2 aromatic rings. The molecule has 0 radical (unpaired) electrons. The Balaban J connectivity index is 1.29. The second kappa shape index (κ2) is 7.77. The Bertz CT molecular complexity index is 695. The van der Waals surface area contributed by atoms with Gasteiger partial charge in [-0.25, -0.2) is 0 Å². The predicted molar refractivity (Wildman–Crippen MR) is 104 cm³/mol. The maximum absolute atomic E-state index is 6.05. The summed E-state index contributed by atoms with van der Waals surface area (Å²) in [6, 6.07) is 16.9. The van der Waals surface area contributed by atoms with Crippen LogP contribution in [-0.2, 0) is 11.2 Å². The summed E-state index contributed by atoms with van der Waals surface area (Å²) in [6.45, 7) is 6.32. The van der Waals surface area contributed by atoms with Crippen LogP contribution in [0.1, 0.15) is 23.7 Å². The van der Waals surface area contributed by atoms with Gasteiger partial charge in [0, 0.05) is 43.4 Å². The van der Waals surface area contributed by atoms with Crippen molar-refractivity contribution < 1.29 is 4.74 Å². The lowest BCUT2D eigenvalue weighted by molar-refractivity contribution is 0.0289. The highest BCUT2D eigenvalue weighted by atomic mass is 35.5. The molecule has 1 saturated heterocycles. The molecule has 0 aromatic heterocycles. The van der Waals surface area contributed by atoms with Gasteiger partial charge in [0.05, 0.1) is 12.7 Å². The monoisotopic (exact) mass is 356 g/mol. The van der Waals surface area contributed by atoms with Crippen molar-refractivity contribution in [3.05, 3.63) is 64.7 Å². The van der Waals surface area contributed by atoms with Crippen molar-refractivity contribution in [1.29, 1.82) is 0 Å². The van der Waals surface area contributed by atoms with Gasteiger partial charge in [0.25, 0.3) is 0 Å². The lowest BCUT2D eigenvalue weighted by Gasteiger charge is -2.37. The summed E-state index contributed by atoms with van der Waals surface area (Å²) in [7, 11) is 0. The summed E-state index contributed by atoms with van der Waals surface area (Å²) >= 11 is 5.99. The first kappa shape index (κ1) is 16.9. The zero-order valence-corrected chi connectivity index (χ0v) is 15.3. The molecule has 0 bridgehead atoms. The third-order valence-electron chi connectivity index (χ3n) is 5.36. The molecule has 0 amide bonds. The predicted octanol–water partition coefficient (Wildman–Crippen LogP) is 4.17. The number of anilines is 1. The highest BCUT2D eigenvalue weighted by Crippen LogP contribution is 2.29. The van der Waals surface area contributed by atoms with Gasteiger partial charge in [0.2, 0.25) is 0 Å². The van der Waals surface area contributed by atoms with E-state index in [1.54, 1.807) is 0 Å². The van der Waals surface area contributed by atoms with Crippen LogP contribution in [0.15, 0.2) is 48.5 Å². The zero-order valence-electron chi connectivity index (χ0n) is 14.5. The molecule has 2 heterocycles. The summed E-state index contributed by atoms with van der Waals surface area (Å²) in [5, 5.41) is 0.801. The van der Waals surface area contributed by atoms with Gasteiger partial charge in [-0.1, -0.05) is 35.9 Å². The highest BCUT2D eigenvalue weighted by Gasteiger charge is 2.23. The summed E-state index contributed by atoms with van der Waals surface area (Å²) < 4.78 is 6.05. The van der Waals surface area contributed by atoms with E-state index in [1.807, 2.05) is 12.1 Å². The second-order valence-corrected chi connectivity index (χ2v) is 7.34. The molecule has 2 aromatic carbocycles. The number of hydrogen-bond donors (Lipinski definition) is 0. The Morgan fingerprint density at radius 1 is 0.960 bits per heavy atom. The molecule has 3 nitrogen and oxygen atoms in total. The van der Waals surface area contributed by atoms with Crippen LogP contribution in [0, 0.1) is 0 Å². The van der Waals surface area contributed by atoms with Crippen molar-refractivity contribution in [3.8, 4) is 0 Å². The van der Waals surface area contributed by atoms with Gasteiger partial charge in [-0.15, -0.1) is 0 Å². The summed E-state index contributed by atoms with van der Waals surface area (Å²) in [4.78, 5) is 5.01.